The van der Waals surface area contributed by atoms with Crippen LogP contribution in [0.4, 0.5) is 14.5 Å². The number of pyridine rings is 1. The second kappa shape index (κ2) is 13.9. The lowest BCUT2D eigenvalue weighted by molar-refractivity contribution is -0.138. The zero-order valence-electron chi connectivity index (χ0n) is 24.3. The van der Waals surface area contributed by atoms with E-state index >= 15 is 0 Å². The molecule has 9 nitrogen and oxygen atoms in total. The Morgan fingerprint density at radius 2 is 1.86 bits per heavy atom. The molecule has 12 heteroatoms. The van der Waals surface area contributed by atoms with E-state index in [1.54, 1.807) is 25.1 Å². The van der Waals surface area contributed by atoms with E-state index < -0.39 is 48.3 Å². The summed E-state index contributed by atoms with van der Waals surface area (Å²) in [4.78, 5) is 56.1. The number of nitrogens with one attached hydrogen (secondary N) is 3. The van der Waals surface area contributed by atoms with Crippen molar-refractivity contribution in [1.29, 1.82) is 0 Å². The van der Waals surface area contributed by atoms with E-state index in [4.69, 9.17) is 0 Å². The van der Waals surface area contributed by atoms with Crippen molar-refractivity contribution in [1.82, 2.24) is 20.5 Å². The molecule has 1 aliphatic carbocycles. The minimum absolute atomic E-state index is 0. The molecule has 2 fully saturated rings. The summed E-state index contributed by atoms with van der Waals surface area (Å²) in [6, 6.07) is 10.8. The van der Waals surface area contributed by atoms with E-state index in [1.807, 2.05) is 12.1 Å². The van der Waals surface area contributed by atoms with E-state index in [-0.39, 0.29) is 37.0 Å². The van der Waals surface area contributed by atoms with E-state index in [9.17, 15) is 28.0 Å². The second-order valence-corrected chi connectivity index (χ2v) is 11.1. The Bertz CT molecular complexity index is 1610. The summed E-state index contributed by atoms with van der Waals surface area (Å²) in [6.45, 7) is 2.48. The van der Waals surface area contributed by atoms with Gasteiger partial charge in [0.25, 0.3) is 5.91 Å². The summed E-state index contributed by atoms with van der Waals surface area (Å²) in [5.74, 6) is -1.86. The fourth-order valence-electron chi connectivity index (χ4n) is 5.18. The summed E-state index contributed by atoms with van der Waals surface area (Å²) < 4.78 is 28.0. The molecule has 0 radical (unpaired) electrons. The van der Waals surface area contributed by atoms with Crippen LogP contribution in [0.2, 0.25) is 0 Å². The van der Waals surface area contributed by atoms with Gasteiger partial charge >= 0.3 is 0 Å². The maximum atomic E-state index is 14.5. The maximum absolute atomic E-state index is 14.5. The quantitative estimate of drug-likeness (QED) is 0.318. The summed E-state index contributed by atoms with van der Waals surface area (Å²) in [5, 5.41) is 8.67. The Morgan fingerprint density at radius 3 is 2.59 bits per heavy atom. The first-order valence-corrected chi connectivity index (χ1v) is 14.3. The van der Waals surface area contributed by atoms with Crippen LogP contribution in [0.1, 0.15) is 60.8 Å². The second-order valence-electron chi connectivity index (χ2n) is 11.1. The van der Waals surface area contributed by atoms with Gasteiger partial charge in [0.15, 0.2) is 0 Å². The van der Waals surface area contributed by atoms with Crippen LogP contribution in [0.15, 0.2) is 54.6 Å². The Labute approximate surface area is 259 Å². The van der Waals surface area contributed by atoms with E-state index in [1.165, 1.54) is 31.2 Å². The Hall–Kier alpha value is -4.38. The molecule has 232 valence electrons. The van der Waals surface area contributed by atoms with Crippen LogP contribution in [0, 0.1) is 11.7 Å². The number of rotatable bonds is 9. The first kappa shape index (κ1) is 32.5. The number of carbonyl (C=O) groups is 4. The predicted octanol–water partition coefficient (Wildman–Crippen LogP) is 4.72. The third-order valence-electron chi connectivity index (χ3n) is 7.56. The summed E-state index contributed by atoms with van der Waals surface area (Å²) in [6.07, 6.45) is 4.84. The zero-order valence-corrected chi connectivity index (χ0v) is 25.1. The molecule has 2 aliphatic rings. The highest BCUT2D eigenvalue weighted by molar-refractivity contribution is 5.97. The summed E-state index contributed by atoms with van der Waals surface area (Å²) in [7, 11) is 0. The van der Waals surface area contributed by atoms with Crippen LogP contribution in [0.5, 0.6) is 0 Å². The fraction of sp³-hybridized carbons (Fsp3) is 0.344. The molecular formula is C32H34ClF2N5O4. The van der Waals surface area contributed by atoms with Gasteiger partial charge in [0.2, 0.25) is 17.7 Å². The molecule has 1 aromatic heterocycles. The number of halogens is 3. The van der Waals surface area contributed by atoms with Crippen LogP contribution < -0.4 is 16.0 Å². The van der Waals surface area contributed by atoms with Gasteiger partial charge in [-0.25, -0.2) is 13.8 Å². The number of anilines is 1. The number of nitrogens with zero attached hydrogens (tertiary/aromatic N) is 2. The number of hydrogen-bond donors (Lipinski definition) is 3. The van der Waals surface area contributed by atoms with Crippen LogP contribution in [-0.4, -0.2) is 58.8 Å². The first-order chi connectivity index (χ1) is 20.6. The molecule has 1 saturated heterocycles. The molecule has 0 unspecified atom stereocenters. The molecule has 5 rings (SSSR count). The molecule has 3 aromatic rings. The van der Waals surface area contributed by atoms with Crippen molar-refractivity contribution in [2.75, 3.05) is 18.4 Å². The largest absolute Gasteiger partial charge is 0.348 e. The van der Waals surface area contributed by atoms with Crippen LogP contribution in [0.25, 0.3) is 17.0 Å². The monoisotopic (exact) mass is 625 g/mol. The molecule has 1 saturated carbocycles. The Morgan fingerprint density at radius 1 is 1.09 bits per heavy atom. The SMILES string of the molecule is CC(=O)Nc1ccc(/C=C/C2CC2)c([C@H](C)NC(=O)[C@@H]2C[C@@H](F)CN2C(=O)CNC(=O)c2ccc3cc(F)ccc3n2)c1.Cl. The minimum atomic E-state index is -1.40. The van der Waals surface area contributed by atoms with Gasteiger partial charge < -0.3 is 20.9 Å². The lowest BCUT2D eigenvalue weighted by Gasteiger charge is -2.26. The van der Waals surface area contributed by atoms with Crippen molar-refractivity contribution in [3.05, 3.63) is 77.2 Å². The van der Waals surface area contributed by atoms with Gasteiger partial charge in [0, 0.05) is 24.4 Å². The van der Waals surface area contributed by atoms with Crippen molar-refractivity contribution >= 4 is 58.7 Å². The van der Waals surface area contributed by atoms with Gasteiger partial charge in [-0.2, -0.15) is 0 Å². The number of benzene rings is 2. The minimum Gasteiger partial charge on any atom is -0.348 e. The molecule has 44 heavy (non-hydrogen) atoms. The van der Waals surface area contributed by atoms with Gasteiger partial charge in [-0.15, -0.1) is 12.4 Å². The topological polar surface area (TPSA) is 121 Å². The zero-order chi connectivity index (χ0) is 30.7. The molecular weight excluding hydrogens is 592 g/mol. The average Bonchev–Trinajstić information content (AvgIpc) is 3.72. The molecule has 3 atom stereocenters. The van der Waals surface area contributed by atoms with Gasteiger partial charge in [0.1, 0.15) is 23.7 Å². The summed E-state index contributed by atoms with van der Waals surface area (Å²) >= 11 is 0. The molecule has 2 aromatic carbocycles. The van der Waals surface area contributed by atoms with Crippen molar-refractivity contribution in [2.45, 2.75) is 51.4 Å². The van der Waals surface area contributed by atoms with Crippen LogP contribution in [0.3, 0.4) is 0 Å². The standard InChI is InChI=1S/C32H33F2N5O4.ClH/c1-18(26-15-25(37-19(2)40)10-7-21(26)6-5-20-3-4-20)36-32(43)29-14-24(34)17-39(29)30(41)16-35-31(42)28-11-8-22-13-23(33)9-12-27(22)38-28;/h5-13,15,18,20,24,29H,3-4,14,16-17H2,1-2H3,(H,35,42)(H,36,43)(H,37,40);1H/b6-5+;/t18-,24+,29-;/m0./s1. The third-order valence-corrected chi connectivity index (χ3v) is 7.56. The van der Waals surface area contributed by atoms with Crippen molar-refractivity contribution in [2.24, 2.45) is 5.92 Å². The lowest BCUT2D eigenvalue weighted by atomic mass is 9.99. The predicted molar refractivity (Wildman–Crippen MR) is 165 cm³/mol. The molecule has 4 amide bonds. The number of hydrogen-bond acceptors (Lipinski definition) is 5. The highest BCUT2D eigenvalue weighted by Crippen LogP contribution is 2.32. The van der Waals surface area contributed by atoms with E-state index in [2.05, 4.69) is 27.0 Å². The number of likely N-dealkylation sites (tertiary alicyclic amines) is 1. The fourth-order valence-corrected chi connectivity index (χ4v) is 5.18. The number of allylic oxidation sites excluding steroid dienone is 1. The Kier molecular flexibility index (Phi) is 10.3. The molecule has 2 heterocycles. The van der Waals surface area contributed by atoms with Gasteiger partial charge in [-0.3, -0.25) is 19.2 Å². The highest BCUT2D eigenvalue weighted by atomic mass is 35.5. The van der Waals surface area contributed by atoms with Gasteiger partial charge in [-0.1, -0.05) is 24.3 Å². The van der Waals surface area contributed by atoms with Crippen LogP contribution in [-0.2, 0) is 14.4 Å². The van der Waals surface area contributed by atoms with Crippen molar-refractivity contribution < 1.29 is 28.0 Å². The van der Waals surface area contributed by atoms with Gasteiger partial charge in [-0.05, 0) is 73.2 Å². The van der Waals surface area contributed by atoms with E-state index in [0.29, 0.717) is 22.5 Å². The first-order valence-electron chi connectivity index (χ1n) is 14.3. The molecule has 0 bridgehead atoms. The van der Waals surface area contributed by atoms with Gasteiger partial charge in [0.05, 0.1) is 24.6 Å². The van der Waals surface area contributed by atoms with Crippen LogP contribution >= 0.6 is 12.4 Å². The average molecular weight is 626 g/mol. The Balaban J connectivity index is 0.00000442. The number of fused-ring (bicyclic) bond motifs is 1. The molecule has 3 N–H and O–H groups in total. The molecule has 0 spiro atoms. The number of alkyl halides is 1. The lowest BCUT2D eigenvalue weighted by Crippen LogP contribution is -2.49. The number of amides is 4. The third kappa shape index (κ3) is 7.96. The van der Waals surface area contributed by atoms with E-state index in [0.717, 1.165) is 28.9 Å². The van der Waals surface area contributed by atoms with Crippen molar-refractivity contribution in [3.8, 4) is 0 Å². The molecule has 1 aliphatic heterocycles. The van der Waals surface area contributed by atoms with Crippen molar-refractivity contribution in [3.63, 3.8) is 0 Å². The smallest absolute Gasteiger partial charge is 0.270 e. The summed E-state index contributed by atoms with van der Waals surface area (Å²) in [5.41, 5.74) is 2.68. The maximum Gasteiger partial charge on any atom is 0.270 e. The normalized spacial score (nSPS) is 18.5. The highest BCUT2D eigenvalue weighted by Gasteiger charge is 2.40. The number of carbonyl (C=O) groups excluding carboxylic acids is 4. The number of aromatic nitrogens is 1.